The van der Waals surface area contributed by atoms with E-state index in [-0.39, 0.29) is 37.9 Å². The van der Waals surface area contributed by atoms with Crippen LogP contribution in [0.25, 0.3) is 0 Å². The van der Waals surface area contributed by atoms with E-state index in [0.717, 1.165) is 12.1 Å². The molecule has 0 aliphatic carbocycles. The van der Waals surface area contributed by atoms with Gasteiger partial charge < -0.3 is 31.3 Å². The lowest BCUT2D eigenvalue weighted by atomic mass is 10.1. The molecule has 10 heteroatoms. The summed E-state index contributed by atoms with van der Waals surface area (Å²) in [5.41, 5.74) is 5.94. The number of nitrogens with one attached hydrogen (secondary N) is 3. The molecule has 148 valence electrons. The molecule has 1 rings (SSSR count). The second kappa shape index (κ2) is 10.9. The molecular formula is C16H25F3N4O3. The summed E-state index contributed by atoms with van der Waals surface area (Å²) >= 11 is 0. The van der Waals surface area contributed by atoms with Crippen LogP contribution in [0.4, 0.5) is 13.2 Å². The van der Waals surface area contributed by atoms with Gasteiger partial charge in [-0.3, -0.25) is 5.32 Å². The number of rotatable bonds is 11. The van der Waals surface area contributed by atoms with Crippen molar-refractivity contribution in [3.8, 4) is 0 Å². The number of alkyl halides is 3. The predicted octanol–water partition coefficient (Wildman–Crippen LogP) is 0.0591. The van der Waals surface area contributed by atoms with Crippen LogP contribution in [0.3, 0.4) is 0 Å². The Balaban J connectivity index is 2.63. The van der Waals surface area contributed by atoms with Gasteiger partial charge in [-0.25, -0.2) is 0 Å². The Labute approximate surface area is 150 Å². The Morgan fingerprint density at radius 3 is 2.42 bits per heavy atom. The molecule has 0 aliphatic rings. The van der Waals surface area contributed by atoms with Crippen LogP contribution >= 0.6 is 0 Å². The van der Waals surface area contributed by atoms with E-state index < -0.39 is 18.0 Å². The number of aliphatic hydroxyl groups is 2. The van der Waals surface area contributed by atoms with Crippen LogP contribution in [-0.4, -0.2) is 49.9 Å². The summed E-state index contributed by atoms with van der Waals surface area (Å²) in [6.45, 7) is 0.878. The Bertz CT molecular complexity index is 565. The van der Waals surface area contributed by atoms with Crippen molar-refractivity contribution in [1.29, 1.82) is 0 Å². The SMILES string of the molecule is CN/C(N)=C(/NCc1ccc(C(F)(F)F)cc1)C(O)NCCOCCO. The van der Waals surface area contributed by atoms with Crippen molar-refractivity contribution in [3.63, 3.8) is 0 Å². The summed E-state index contributed by atoms with van der Waals surface area (Å²) in [5.74, 6) is 0.188. The molecule has 0 radical (unpaired) electrons. The molecule has 1 unspecified atom stereocenters. The number of aliphatic hydroxyl groups excluding tert-OH is 2. The molecule has 0 bridgehead atoms. The van der Waals surface area contributed by atoms with E-state index in [1.807, 2.05) is 0 Å². The molecule has 1 aromatic rings. The minimum Gasteiger partial charge on any atom is -0.394 e. The molecule has 0 heterocycles. The van der Waals surface area contributed by atoms with E-state index in [0.29, 0.717) is 12.1 Å². The van der Waals surface area contributed by atoms with E-state index in [9.17, 15) is 18.3 Å². The lowest BCUT2D eigenvalue weighted by Crippen LogP contribution is -2.41. The fourth-order valence-electron chi connectivity index (χ4n) is 2.02. The Morgan fingerprint density at radius 1 is 1.23 bits per heavy atom. The second-order valence-electron chi connectivity index (χ2n) is 5.32. The highest BCUT2D eigenvalue weighted by Crippen LogP contribution is 2.29. The Morgan fingerprint density at radius 2 is 1.88 bits per heavy atom. The number of benzene rings is 1. The van der Waals surface area contributed by atoms with Crippen LogP contribution in [-0.2, 0) is 17.5 Å². The molecule has 0 spiro atoms. The molecular weight excluding hydrogens is 353 g/mol. The first-order valence-electron chi connectivity index (χ1n) is 7.97. The maximum Gasteiger partial charge on any atom is 0.416 e. The van der Waals surface area contributed by atoms with Crippen molar-refractivity contribution < 1.29 is 28.1 Å². The van der Waals surface area contributed by atoms with Gasteiger partial charge in [0.25, 0.3) is 0 Å². The van der Waals surface area contributed by atoms with Gasteiger partial charge in [-0.15, -0.1) is 0 Å². The van der Waals surface area contributed by atoms with E-state index in [4.69, 9.17) is 15.6 Å². The van der Waals surface area contributed by atoms with Crippen LogP contribution in [0.15, 0.2) is 35.8 Å². The molecule has 1 atom stereocenters. The van der Waals surface area contributed by atoms with Gasteiger partial charge >= 0.3 is 6.18 Å². The third-order valence-corrected chi connectivity index (χ3v) is 3.42. The van der Waals surface area contributed by atoms with Crippen LogP contribution in [0.1, 0.15) is 11.1 Å². The van der Waals surface area contributed by atoms with Crippen molar-refractivity contribution in [1.82, 2.24) is 16.0 Å². The zero-order chi connectivity index (χ0) is 19.6. The summed E-state index contributed by atoms with van der Waals surface area (Å²) in [6.07, 6.45) is -5.51. The lowest BCUT2D eigenvalue weighted by Gasteiger charge is -2.21. The van der Waals surface area contributed by atoms with E-state index in [1.165, 1.54) is 12.1 Å². The van der Waals surface area contributed by atoms with Gasteiger partial charge in [0.1, 0.15) is 12.0 Å². The summed E-state index contributed by atoms with van der Waals surface area (Å²) in [7, 11) is 1.58. The van der Waals surface area contributed by atoms with Crippen LogP contribution < -0.4 is 21.7 Å². The highest BCUT2D eigenvalue weighted by Gasteiger charge is 2.29. The molecule has 0 fully saturated rings. The Hall–Kier alpha value is -2.01. The van der Waals surface area contributed by atoms with Crippen LogP contribution in [0.5, 0.6) is 0 Å². The summed E-state index contributed by atoms with van der Waals surface area (Å²) in [6, 6.07) is 4.70. The quantitative estimate of drug-likeness (QED) is 0.239. The van der Waals surface area contributed by atoms with Crippen molar-refractivity contribution in [3.05, 3.63) is 46.9 Å². The number of hydrogen-bond donors (Lipinski definition) is 6. The highest BCUT2D eigenvalue weighted by molar-refractivity contribution is 5.25. The first-order chi connectivity index (χ1) is 12.3. The average molecular weight is 378 g/mol. The average Bonchev–Trinajstić information content (AvgIpc) is 2.61. The Kier molecular flexibility index (Phi) is 9.21. The molecule has 0 amide bonds. The molecule has 7 nitrogen and oxygen atoms in total. The molecule has 26 heavy (non-hydrogen) atoms. The monoisotopic (exact) mass is 378 g/mol. The van der Waals surface area contributed by atoms with Gasteiger partial charge in [0.05, 0.1) is 31.1 Å². The van der Waals surface area contributed by atoms with E-state index >= 15 is 0 Å². The maximum atomic E-state index is 12.6. The van der Waals surface area contributed by atoms with Crippen molar-refractivity contribution in [2.45, 2.75) is 18.9 Å². The third kappa shape index (κ3) is 7.48. The number of halogens is 3. The van der Waals surface area contributed by atoms with E-state index in [1.54, 1.807) is 7.05 Å². The summed E-state index contributed by atoms with van der Waals surface area (Å²) in [4.78, 5) is 0. The number of hydrogen-bond acceptors (Lipinski definition) is 7. The summed E-state index contributed by atoms with van der Waals surface area (Å²) in [5, 5.41) is 27.2. The number of nitrogens with two attached hydrogens (primary N) is 1. The normalized spacial score (nSPS) is 13.9. The predicted molar refractivity (Wildman–Crippen MR) is 90.5 cm³/mol. The first kappa shape index (κ1) is 22.0. The van der Waals surface area contributed by atoms with E-state index in [2.05, 4.69) is 16.0 Å². The van der Waals surface area contributed by atoms with Crippen LogP contribution in [0.2, 0.25) is 0 Å². The van der Waals surface area contributed by atoms with Gasteiger partial charge in [0.15, 0.2) is 0 Å². The zero-order valence-corrected chi connectivity index (χ0v) is 14.4. The minimum absolute atomic E-state index is 0.0882. The second-order valence-corrected chi connectivity index (χ2v) is 5.32. The van der Waals surface area contributed by atoms with Crippen LogP contribution in [0, 0.1) is 0 Å². The molecule has 0 saturated carbocycles. The molecule has 1 aromatic carbocycles. The van der Waals surface area contributed by atoms with Crippen molar-refractivity contribution in [2.75, 3.05) is 33.4 Å². The maximum absolute atomic E-state index is 12.6. The minimum atomic E-state index is -4.38. The van der Waals surface area contributed by atoms with Gasteiger partial charge in [0, 0.05) is 20.1 Å². The third-order valence-electron chi connectivity index (χ3n) is 3.42. The molecule has 7 N–H and O–H groups in total. The molecule has 0 aromatic heterocycles. The molecule has 0 aliphatic heterocycles. The highest BCUT2D eigenvalue weighted by atomic mass is 19.4. The van der Waals surface area contributed by atoms with Crippen molar-refractivity contribution in [2.24, 2.45) is 5.73 Å². The zero-order valence-electron chi connectivity index (χ0n) is 14.4. The smallest absolute Gasteiger partial charge is 0.394 e. The van der Waals surface area contributed by atoms with Gasteiger partial charge in [-0.2, -0.15) is 13.2 Å². The topological polar surface area (TPSA) is 112 Å². The fourth-order valence-corrected chi connectivity index (χ4v) is 2.02. The largest absolute Gasteiger partial charge is 0.416 e. The number of ether oxygens (including phenoxy) is 1. The van der Waals surface area contributed by atoms with Gasteiger partial charge in [-0.1, -0.05) is 12.1 Å². The standard InChI is InChI=1S/C16H25F3N4O3/c1-21-14(20)13(15(25)22-6-8-26-9-7-24)23-10-11-2-4-12(5-3-11)16(17,18)19/h2-5,15,21-25H,6-10,20H2,1H3/b14-13+. The lowest BCUT2D eigenvalue weighted by molar-refractivity contribution is -0.137. The van der Waals surface area contributed by atoms with Crippen molar-refractivity contribution >= 4 is 0 Å². The van der Waals surface area contributed by atoms with Gasteiger partial charge in [-0.05, 0) is 17.7 Å². The van der Waals surface area contributed by atoms with Gasteiger partial charge in [0.2, 0.25) is 0 Å². The molecule has 0 saturated heterocycles. The summed E-state index contributed by atoms with van der Waals surface area (Å²) < 4.78 is 42.8. The fraction of sp³-hybridized carbons (Fsp3) is 0.500. The first-order valence-corrected chi connectivity index (χ1v) is 7.97.